The minimum absolute atomic E-state index is 0.0371. The van der Waals surface area contributed by atoms with E-state index < -0.39 is 35.9 Å². The fourth-order valence-corrected chi connectivity index (χ4v) is 4.94. The zero-order valence-electron chi connectivity index (χ0n) is 18.4. The molecule has 5 rings (SSSR count). The van der Waals surface area contributed by atoms with Crippen molar-refractivity contribution < 1.29 is 36.6 Å². The van der Waals surface area contributed by atoms with Crippen molar-refractivity contribution in [2.24, 2.45) is 0 Å². The highest BCUT2D eigenvalue weighted by Crippen LogP contribution is 2.41. The SMILES string of the molecule is CC(=O)N1CCc2c(c(-c3cccc(OC(F)(F)F)c3)nn2[C@@H]2c3cc(F)cc(F)c3C[C@H]2O)C1. The van der Waals surface area contributed by atoms with E-state index >= 15 is 0 Å². The Kier molecular flexibility index (Phi) is 5.54. The van der Waals surface area contributed by atoms with E-state index in [2.05, 4.69) is 9.84 Å². The normalized spacial score (nSPS) is 19.5. The molecule has 0 bridgehead atoms. The van der Waals surface area contributed by atoms with Gasteiger partial charge in [-0.05, 0) is 29.3 Å². The van der Waals surface area contributed by atoms with Crippen LogP contribution < -0.4 is 4.74 Å². The number of hydrogen-bond acceptors (Lipinski definition) is 4. The van der Waals surface area contributed by atoms with E-state index in [-0.39, 0.29) is 30.0 Å². The van der Waals surface area contributed by atoms with Gasteiger partial charge in [-0.3, -0.25) is 9.48 Å². The smallest absolute Gasteiger partial charge is 0.406 e. The molecule has 2 atom stereocenters. The minimum atomic E-state index is -4.88. The van der Waals surface area contributed by atoms with Crippen LogP contribution in [0, 0.1) is 11.6 Å². The van der Waals surface area contributed by atoms with Crippen LogP contribution in [0.1, 0.15) is 35.3 Å². The summed E-state index contributed by atoms with van der Waals surface area (Å²) in [4.78, 5) is 13.6. The van der Waals surface area contributed by atoms with Gasteiger partial charge >= 0.3 is 6.36 Å². The third kappa shape index (κ3) is 4.24. The van der Waals surface area contributed by atoms with Crippen molar-refractivity contribution in [2.45, 2.75) is 44.8 Å². The Labute approximate surface area is 196 Å². The minimum Gasteiger partial charge on any atom is -0.406 e. The molecular formula is C24H20F5N3O3. The number of alkyl halides is 3. The maximum atomic E-state index is 14.4. The molecule has 0 radical (unpaired) electrons. The fraction of sp³-hybridized carbons (Fsp3) is 0.333. The number of aliphatic hydroxyl groups excluding tert-OH is 1. The van der Waals surface area contributed by atoms with E-state index in [0.717, 1.165) is 18.2 Å². The number of aliphatic hydroxyl groups is 1. The molecule has 0 saturated heterocycles. The highest BCUT2D eigenvalue weighted by atomic mass is 19.4. The van der Waals surface area contributed by atoms with Crippen LogP contribution in [0.25, 0.3) is 11.3 Å². The van der Waals surface area contributed by atoms with Gasteiger partial charge in [0, 0.05) is 55.7 Å². The highest BCUT2D eigenvalue weighted by Gasteiger charge is 2.39. The number of rotatable bonds is 3. The largest absolute Gasteiger partial charge is 0.573 e. The molecule has 0 fully saturated rings. The third-order valence-electron chi connectivity index (χ3n) is 6.43. The van der Waals surface area contributed by atoms with Crippen molar-refractivity contribution in [3.63, 3.8) is 0 Å². The number of nitrogens with zero attached hydrogens (tertiary/aromatic N) is 3. The molecule has 11 heteroatoms. The summed E-state index contributed by atoms with van der Waals surface area (Å²) in [5.41, 5.74) is 2.29. The number of carbonyl (C=O) groups excluding carboxylic acids is 1. The van der Waals surface area contributed by atoms with Crippen molar-refractivity contribution in [3.05, 3.63) is 70.4 Å². The molecule has 0 unspecified atom stereocenters. The summed E-state index contributed by atoms with van der Waals surface area (Å²) in [5.74, 6) is -2.17. The van der Waals surface area contributed by atoms with Crippen LogP contribution in [0.3, 0.4) is 0 Å². The summed E-state index contributed by atoms with van der Waals surface area (Å²) in [6.07, 6.45) is -5.67. The Morgan fingerprint density at radius 3 is 2.66 bits per heavy atom. The number of aromatic nitrogens is 2. The quantitative estimate of drug-likeness (QED) is 0.557. The number of halogens is 5. The van der Waals surface area contributed by atoms with Gasteiger partial charge in [0.25, 0.3) is 0 Å². The van der Waals surface area contributed by atoms with Gasteiger partial charge in [-0.2, -0.15) is 5.10 Å². The van der Waals surface area contributed by atoms with Crippen LogP contribution in [0.4, 0.5) is 22.0 Å². The average molecular weight is 493 g/mol. The van der Waals surface area contributed by atoms with Crippen molar-refractivity contribution in [3.8, 4) is 17.0 Å². The molecule has 3 aromatic rings. The summed E-state index contributed by atoms with van der Waals surface area (Å²) >= 11 is 0. The molecule has 2 aromatic carbocycles. The number of hydrogen-bond donors (Lipinski definition) is 1. The molecule has 1 aliphatic heterocycles. The van der Waals surface area contributed by atoms with E-state index in [0.29, 0.717) is 35.5 Å². The first-order valence-corrected chi connectivity index (χ1v) is 10.9. The van der Waals surface area contributed by atoms with Crippen LogP contribution in [-0.2, 0) is 24.2 Å². The molecule has 6 nitrogen and oxygen atoms in total. The van der Waals surface area contributed by atoms with Crippen LogP contribution in [0.5, 0.6) is 5.75 Å². The lowest BCUT2D eigenvalue weighted by Gasteiger charge is -2.28. The molecule has 1 aromatic heterocycles. The maximum absolute atomic E-state index is 14.4. The van der Waals surface area contributed by atoms with Crippen LogP contribution in [0.15, 0.2) is 36.4 Å². The van der Waals surface area contributed by atoms with Crippen LogP contribution >= 0.6 is 0 Å². The van der Waals surface area contributed by atoms with Gasteiger partial charge in [-0.25, -0.2) is 8.78 Å². The first-order chi connectivity index (χ1) is 16.5. The molecule has 2 aliphatic rings. The first-order valence-electron chi connectivity index (χ1n) is 10.9. The summed E-state index contributed by atoms with van der Waals surface area (Å²) in [6, 6.07) is 6.32. The van der Waals surface area contributed by atoms with Gasteiger partial charge in [0.15, 0.2) is 0 Å². The Morgan fingerprint density at radius 2 is 1.94 bits per heavy atom. The second-order valence-corrected chi connectivity index (χ2v) is 8.66. The Balaban J connectivity index is 1.66. The monoisotopic (exact) mass is 493 g/mol. The van der Waals surface area contributed by atoms with Crippen molar-refractivity contribution in [1.82, 2.24) is 14.7 Å². The lowest BCUT2D eigenvalue weighted by Crippen LogP contribution is -2.35. The molecule has 2 heterocycles. The standard InChI is InChI=1S/C24H20F5N3O3/c1-12(33)31-6-5-20-18(11-31)22(13-3-2-4-15(7-13)35-24(27,28)29)30-32(20)23-17-8-14(25)9-19(26)16(17)10-21(23)34/h2-4,7-9,21,23,34H,5-6,10-11H2,1H3/t21-,23-/m1/s1. The predicted octanol–water partition coefficient (Wildman–Crippen LogP) is 4.14. The lowest BCUT2D eigenvalue weighted by molar-refractivity contribution is -0.274. The third-order valence-corrected chi connectivity index (χ3v) is 6.43. The zero-order valence-corrected chi connectivity index (χ0v) is 18.4. The summed E-state index contributed by atoms with van der Waals surface area (Å²) in [6.45, 7) is 1.92. The fourth-order valence-electron chi connectivity index (χ4n) is 4.94. The average Bonchev–Trinajstić information content (AvgIpc) is 3.29. The van der Waals surface area contributed by atoms with Crippen LogP contribution in [0.2, 0.25) is 0 Å². The van der Waals surface area contributed by atoms with Gasteiger partial charge in [0.05, 0.1) is 11.8 Å². The summed E-state index contributed by atoms with van der Waals surface area (Å²) in [7, 11) is 0. The van der Waals surface area contributed by atoms with E-state index in [1.54, 1.807) is 11.0 Å². The first kappa shape index (κ1) is 23.3. The van der Waals surface area contributed by atoms with Gasteiger partial charge in [-0.15, -0.1) is 13.2 Å². The van der Waals surface area contributed by atoms with Gasteiger partial charge in [0.1, 0.15) is 23.4 Å². The number of carbonyl (C=O) groups is 1. The molecule has 1 N–H and O–H groups in total. The van der Waals surface area contributed by atoms with E-state index in [1.165, 1.54) is 23.7 Å². The number of amides is 1. The van der Waals surface area contributed by atoms with Crippen molar-refractivity contribution in [2.75, 3.05) is 6.54 Å². The Bertz CT molecular complexity index is 1320. The van der Waals surface area contributed by atoms with Gasteiger partial charge < -0.3 is 14.7 Å². The number of fused-ring (bicyclic) bond motifs is 2. The van der Waals surface area contributed by atoms with Gasteiger partial charge in [0.2, 0.25) is 5.91 Å². The maximum Gasteiger partial charge on any atom is 0.573 e. The number of ether oxygens (including phenoxy) is 1. The topological polar surface area (TPSA) is 67.6 Å². The molecule has 35 heavy (non-hydrogen) atoms. The molecule has 0 spiro atoms. The molecule has 1 aliphatic carbocycles. The second kappa shape index (κ2) is 8.33. The highest BCUT2D eigenvalue weighted by molar-refractivity contribution is 5.75. The van der Waals surface area contributed by atoms with E-state index in [1.807, 2.05) is 0 Å². The summed E-state index contributed by atoms with van der Waals surface area (Å²) < 4.78 is 72.3. The molecule has 0 saturated carbocycles. The molecule has 184 valence electrons. The van der Waals surface area contributed by atoms with E-state index in [9.17, 15) is 31.9 Å². The second-order valence-electron chi connectivity index (χ2n) is 8.66. The van der Waals surface area contributed by atoms with E-state index in [4.69, 9.17) is 0 Å². The van der Waals surface area contributed by atoms with Crippen molar-refractivity contribution >= 4 is 5.91 Å². The molecule has 1 amide bonds. The van der Waals surface area contributed by atoms with Crippen LogP contribution in [-0.4, -0.2) is 44.7 Å². The Hall–Kier alpha value is -3.47. The lowest BCUT2D eigenvalue weighted by atomic mass is 9.99. The van der Waals surface area contributed by atoms with Crippen molar-refractivity contribution in [1.29, 1.82) is 0 Å². The summed E-state index contributed by atoms with van der Waals surface area (Å²) in [5, 5.41) is 15.4. The zero-order chi connectivity index (χ0) is 25.1. The predicted molar refractivity (Wildman–Crippen MR) is 113 cm³/mol. The Morgan fingerprint density at radius 1 is 1.17 bits per heavy atom. The van der Waals surface area contributed by atoms with Gasteiger partial charge in [-0.1, -0.05) is 12.1 Å². The number of benzene rings is 2. The molecular weight excluding hydrogens is 473 g/mol.